The first-order valence-corrected chi connectivity index (χ1v) is 7.80. The van der Waals surface area contributed by atoms with Crippen LogP contribution in [0.15, 0.2) is 18.2 Å². The minimum atomic E-state index is -0.504. The quantitative estimate of drug-likeness (QED) is 0.804. The molecule has 0 bridgehead atoms. The van der Waals surface area contributed by atoms with Crippen molar-refractivity contribution in [3.63, 3.8) is 0 Å². The van der Waals surface area contributed by atoms with Crippen LogP contribution in [0.4, 0.5) is 0 Å². The molecule has 3 rings (SSSR count). The van der Waals surface area contributed by atoms with Gasteiger partial charge in [0.25, 0.3) is 0 Å². The fraction of sp³-hybridized carbons (Fsp3) is 0.588. The van der Waals surface area contributed by atoms with Gasteiger partial charge in [-0.3, -0.25) is 4.79 Å². The average Bonchev–Trinajstić information content (AvgIpc) is 3.02. The summed E-state index contributed by atoms with van der Waals surface area (Å²) in [6.45, 7) is -0.0301. The highest BCUT2D eigenvalue weighted by Crippen LogP contribution is 2.51. The van der Waals surface area contributed by atoms with E-state index in [9.17, 15) is 15.0 Å². The van der Waals surface area contributed by atoms with E-state index in [4.69, 9.17) is 4.74 Å². The number of benzene rings is 1. The van der Waals surface area contributed by atoms with Crippen molar-refractivity contribution >= 4 is 5.97 Å². The number of fused-ring (bicyclic) bond motifs is 3. The summed E-state index contributed by atoms with van der Waals surface area (Å²) < 4.78 is 10.7. The van der Waals surface area contributed by atoms with Crippen LogP contribution in [0.25, 0.3) is 0 Å². The first kappa shape index (κ1) is 15.3. The summed E-state index contributed by atoms with van der Waals surface area (Å²) in [7, 11) is 1.40. The maximum Gasteiger partial charge on any atom is 0.305 e. The summed E-state index contributed by atoms with van der Waals surface area (Å²) >= 11 is 0. The lowest BCUT2D eigenvalue weighted by atomic mass is 9.87. The minimum Gasteiger partial charge on any atom is -0.489 e. The van der Waals surface area contributed by atoms with E-state index in [1.807, 2.05) is 18.2 Å². The molecule has 1 fully saturated rings. The van der Waals surface area contributed by atoms with E-state index in [1.54, 1.807) is 0 Å². The fourth-order valence-electron chi connectivity index (χ4n) is 3.75. The van der Waals surface area contributed by atoms with Gasteiger partial charge in [0.1, 0.15) is 11.9 Å². The van der Waals surface area contributed by atoms with Crippen LogP contribution in [-0.4, -0.2) is 42.1 Å². The predicted octanol–water partition coefficient (Wildman–Crippen LogP) is 1.40. The van der Waals surface area contributed by atoms with Gasteiger partial charge in [-0.2, -0.15) is 0 Å². The molecule has 0 saturated heterocycles. The van der Waals surface area contributed by atoms with Crippen LogP contribution in [0.2, 0.25) is 0 Å². The normalized spacial score (nSPS) is 28.9. The lowest BCUT2D eigenvalue weighted by Crippen LogP contribution is -2.22. The molecule has 1 aliphatic carbocycles. The van der Waals surface area contributed by atoms with E-state index in [0.29, 0.717) is 19.3 Å². The molecule has 4 atom stereocenters. The summed E-state index contributed by atoms with van der Waals surface area (Å²) in [5.74, 6) is 0.591. The van der Waals surface area contributed by atoms with Crippen LogP contribution in [0, 0.1) is 5.92 Å². The van der Waals surface area contributed by atoms with Gasteiger partial charge in [0, 0.05) is 36.8 Å². The maximum absolute atomic E-state index is 11.2. The first-order chi connectivity index (χ1) is 10.7. The van der Waals surface area contributed by atoms with Crippen molar-refractivity contribution in [3.8, 4) is 5.75 Å². The van der Waals surface area contributed by atoms with Gasteiger partial charge in [0.2, 0.25) is 0 Å². The van der Waals surface area contributed by atoms with Gasteiger partial charge in [-0.05, 0) is 18.4 Å². The molecule has 5 heteroatoms. The summed E-state index contributed by atoms with van der Waals surface area (Å²) in [6.07, 6.45) is 1.87. The standard InChI is InChI=1S/C17H22O5/c1-21-15(20)7-3-5-10-4-2-6-11-16-12(9-18)13(19)8-14(16)22-17(10)11/h2,4,6,12-14,16,18-19H,3,5,7-9H2,1H3/t12-,13+,14-,16+/m0/s1. The number of rotatable bonds is 5. The van der Waals surface area contributed by atoms with Gasteiger partial charge in [-0.25, -0.2) is 0 Å². The van der Waals surface area contributed by atoms with Gasteiger partial charge in [-0.15, -0.1) is 0 Å². The number of esters is 1. The summed E-state index contributed by atoms with van der Waals surface area (Å²) in [5, 5.41) is 19.6. The fourth-order valence-corrected chi connectivity index (χ4v) is 3.75. The van der Waals surface area contributed by atoms with Crippen molar-refractivity contribution in [1.29, 1.82) is 0 Å². The zero-order chi connectivity index (χ0) is 15.7. The number of aliphatic hydroxyl groups is 2. The number of hydrogen-bond acceptors (Lipinski definition) is 5. The predicted molar refractivity (Wildman–Crippen MR) is 79.8 cm³/mol. The Kier molecular flexibility index (Phi) is 4.36. The third-order valence-corrected chi connectivity index (χ3v) is 4.85. The molecule has 0 amide bonds. The Morgan fingerprint density at radius 2 is 2.27 bits per heavy atom. The Morgan fingerprint density at radius 3 is 3.00 bits per heavy atom. The summed E-state index contributed by atoms with van der Waals surface area (Å²) in [4.78, 5) is 11.2. The molecule has 1 saturated carbocycles. The van der Waals surface area contributed by atoms with Crippen LogP contribution >= 0.6 is 0 Å². The topological polar surface area (TPSA) is 76.0 Å². The van der Waals surface area contributed by atoms with E-state index in [-0.39, 0.29) is 30.5 Å². The van der Waals surface area contributed by atoms with Crippen LogP contribution < -0.4 is 4.74 Å². The van der Waals surface area contributed by atoms with Gasteiger partial charge in [-0.1, -0.05) is 18.2 Å². The second-order valence-electron chi connectivity index (χ2n) is 6.10. The molecule has 0 radical (unpaired) electrons. The number of carbonyl (C=O) groups excluding carboxylic acids is 1. The van der Waals surface area contributed by atoms with Gasteiger partial charge >= 0.3 is 5.97 Å². The first-order valence-electron chi connectivity index (χ1n) is 7.80. The Labute approximate surface area is 129 Å². The molecule has 2 aliphatic rings. The van der Waals surface area contributed by atoms with Crippen LogP contribution in [0.3, 0.4) is 0 Å². The molecule has 22 heavy (non-hydrogen) atoms. The van der Waals surface area contributed by atoms with Crippen molar-refractivity contribution in [3.05, 3.63) is 29.3 Å². The molecule has 2 N–H and O–H groups in total. The second-order valence-corrected chi connectivity index (χ2v) is 6.10. The second kappa shape index (κ2) is 6.26. The molecule has 0 unspecified atom stereocenters. The molecule has 1 aromatic carbocycles. The molecular formula is C17H22O5. The molecule has 120 valence electrons. The van der Waals surface area contributed by atoms with Gasteiger partial charge in [0.05, 0.1) is 13.2 Å². The number of para-hydroxylation sites is 1. The van der Waals surface area contributed by atoms with E-state index in [0.717, 1.165) is 23.3 Å². The number of hydrogen-bond donors (Lipinski definition) is 2. The van der Waals surface area contributed by atoms with Crippen molar-refractivity contribution in [2.75, 3.05) is 13.7 Å². The zero-order valence-electron chi connectivity index (χ0n) is 12.7. The monoisotopic (exact) mass is 306 g/mol. The van der Waals surface area contributed by atoms with Gasteiger partial charge in [0.15, 0.2) is 0 Å². The van der Waals surface area contributed by atoms with Crippen molar-refractivity contribution in [1.82, 2.24) is 0 Å². The highest BCUT2D eigenvalue weighted by molar-refractivity contribution is 5.69. The Hall–Kier alpha value is -1.59. The minimum absolute atomic E-state index is 0.0301. The van der Waals surface area contributed by atoms with E-state index in [2.05, 4.69) is 4.74 Å². The van der Waals surface area contributed by atoms with Crippen LogP contribution in [-0.2, 0) is 16.0 Å². The summed E-state index contributed by atoms with van der Waals surface area (Å²) in [6, 6.07) is 6.02. The van der Waals surface area contributed by atoms with Crippen LogP contribution in [0.1, 0.15) is 36.3 Å². The Morgan fingerprint density at radius 1 is 1.45 bits per heavy atom. The lowest BCUT2D eigenvalue weighted by Gasteiger charge is -2.18. The number of aliphatic hydroxyl groups excluding tert-OH is 2. The van der Waals surface area contributed by atoms with Gasteiger partial charge < -0.3 is 19.7 Å². The largest absolute Gasteiger partial charge is 0.489 e. The van der Waals surface area contributed by atoms with Crippen molar-refractivity contribution in [2.45, 2.75) is 43.8 Å². The van der Waals surface area contributed by atoms with Crippen molar-refractivity contribution < 1.29 is 24.5 Å². The third-order valence-electron chi connectivity index (χ3n) is 4.85. The molecule has 1 aliphatic heterocycles. The smallest absolute Gasteiger partial charge is 0.305 e. The number of aryl methyl sites for hydroxylation is 1. The molecule has 1 aromatic rings. The Balaban J connectivity index is 1.76. The molecule has 1 heterocycles. The number of methoxy groups -OCH3 is 1. The molecule has 5 nitrogen and oxygen atoms in total. The molecule has 0 aromatic heterocycles. The highest BCUT2D eigenvalue weighted by atomic mass is 16.5. The Bertz CT molecular complexity index is 556. The van der Waals surface area contributed by atoms with Crippen molar-refractivity contribution in [2.24, 2.45) is 5.92 Å². The van der Waals surface area contributed by atoms with E-state index < -0.39 is 6.10 Å². The number of ether oxygens (including phenoxy) is 2. The lowest BCUT2D eigenvalue weighted by molar-refractivity contribution is -0.140. The number of carbonyl (C=O) groups is 1. The average molecular weight is 306 g/mol. The maximum atomic E-state index is 11.2. The SMILES string of the molecule is COC(=O)CCCc1cccc2c1O[C@H]1C[C@@H](O)[C@H](CO)[C@@H]21. The highest BCUT2D eigenvalue weighted by Gasteiger charge is 2.49. The van der Waals surface area contributed by atoms with E-state index >= 15 is 0 Å². The molecule has 0 spiro atoms. The van der Waals surface area contributed by atoms with Crippen LogP contribution in [0.5, 0.6) is 5.75 Å². The van der Waals surface area contributed by atoms with E-state index in [1.165, 1.54) is 7.11 Å². The summed E-state index contributed by atoms with van der Waals surface area (Å²) in [5.41, 5.74) is 2.16. The zero-order valence-corrected chi connectivity index (χ0v) is 12.7. The molecular weight excluding hydrogens is 284 g/mol. The third kappa shape index (κ3) is 2.59.